The first-order valence-electron chi connectivity index (χ1n) is 6.11. The van der Waals surface area contributed by atoms with Crippen LogP contribution in [0.15, 0.2) is 39.8 Å². The van der Waals surface area contributed by atoms with Gasteiger partial charge in [-0.25, -0.2) is 4.99 Å². The molecule has 0 bridgehead atoms. The Morgan fingerprint density at radius 1 is 1.21 bits per heavy atom. The fraction of sp³-hybridized carbons (Fsp3) is 0.133. The van der Waals surface area contributed by atoms with E-state index in [2.05, 4.69) is 35.6 Å². The van der Waals surface area contributed by atoms with E-state index in [0.29, 0.717) is 5.75 Å². The number of rotatable bonds is 0. The summed E-state index contributed by atoms with van der Waals surface area (Å²) in [6.07, 6.45) is 0. The van der Waals surface area contributed by atoms with E-state index in [1.807, 2.05) is 24.3 Å². The Morgan fingerprint density at radius 2 is 1.95 bits per heavy atom. The minimum Gasteiger partial charge on any atom is -0.508 e. The molecule has 0 saturated heterocycles. The molecule has 1 N–H and O–H groups in total. The second-order valence-corrected chi connectivity index (χ2v) is 10.5. The molecule has 0 fully saturated rings. The lowest BCUT2D eigenvalue weighted by atomic mass is 10.2. The Bertz CT molecular complexity index is 799. The highest BCUT2D eigenvalue weighted by Gasteiger charge is 2.34. The van der Waals surface area contributed by atoms with Crippen LogP contribution >= 0.6 is 15.9 Å². The largest absolute Gasteiger partial charge is 0.508 e. The molecular weight excluding hydrogens is 318 g/mol. The van der Waals surface area contributed by atoms with Gasteiger partial charge in [-0.2, -0.15) is 0 Å². The van der Waals surface area contributed by atoms with Crippen molar-refractivity contribution in [3.05, 3.63) is 45.4 Å². The van der Waals surface area contributed by atoms with Crippen LogP contribution < -0.4 is 20.9 Å². The Labute approximate surface area is 121 Å². The molecule has 0 amide bonds. The lowest BCUT2D eigenvalue weighted by Gasteiger charge is -2.29. The zero-order valence-corrected chi connectivity index (χ0v) is 13.5. The minimum absolute atomic E-state index is 0.305. The molecule has 3 rings (SSSR count). The van der Waals surface area contributed by atoms with E-state index in [0.717, 1.165) is 20.7 Å². The van der Waals surface area contributed by atoms with Gasteiger partial charge in [-0.3, -0.25) is 0 Å². The molecule has 1 aliphatic heterocycles. The zero-order chi connectivity index (χ0) is 13.8. The van der Waals surface area contributed by atoms with Gasteiger partial charge < -0.3 is 5.11 Å². The SMILES string of the molecule is C=c1ccc2c(c1Br)[Si](C)(C)c1cc(O)ccc1N=2. The van der Waals surface area contributed by atoms with Gasteiger partial charge in [0.25, 0.3) is 0 Å². The summed E-state index contributed by atoms with van der Waals surface area (Å²) in [4.78, 5) is 4.71. The highest BCUT2D eigenvalue weighted by Crippen LogP contribution is 2.22. The third kappa shape index (κ3) is 1.78. The van der Waals surface area contributed by atoms with Crippen molar-refractivity contribution >= 4 is 46.6 Å². The monoisotopic (exact) mass is 331 g/mol. The summed E-state index contributed by atoms with van der Waals surface area (Å²) in [6.45, 7) is 8.61. The fourth-order valence-electron chi connectivity index (χ4n) is 2.68. The number of phenolic OH excluding ortho intramolecular Hbond substituents is 1. The van der Waals surface area contributed by atoms with Crippen LogP contribution in [0.25, 0.3) is 6.58 Å². The topological polar surface area (TPSA) is 32.6 Å². The second-order valence-electron chi connectivity index (χ2n) is 5.37. The van der Waals surface area contributed by atoms with Crippen molar-refractivity contribution in [3.63, 3.8) is 0 Å². The molecule has 2 aromatic rings. The summed E-state index contributed by atoms with van der Waals surface area (Å²) < 4.78 is 1.06. The van der Waals surface area contributed by atoms with Crippen LogP contribution in [0.5, 0.6) is 5.75 Å². The smallest absolute Gasteiger partial charge is 0.119 e. The quantitative estimate of drug-likeness (QED) is 0.731. The fourth-order valence-corrected chi connectivity index (χ4v) is 7.55. The van der Waals surface area contributed by atoms with Crippen LogP contribution in [0, 0.1) is 0 Å². The number of hydrogen-bond donors (Lipinski definition) is 1. The molecule has 0 saturated carbocycles. The van der Waals surface area contributed by atoms with Crippen molar-refractivity contribution in [2.45, 2.75) is 13.1 Å². The first-order valence-corrected chi connectivity index (χ1v) is 9.91. The van der Waals surface area contributed by atoms with E-state index in [-0.39, 0.29) is 0 Å². The van der Waals surface area contributed by atoms with Gasteiger partial charge in [0.1, 0.15) is 13.8 Å². The third-order valence-corrected chi connectivity index (χ3v) is 8.49. The Hall–Kier alpha value is -1.39. The molecular formula is C15H14BrNOSi. The van der Waals surface area contributed by atoms with E-state index in [9.17, 15) is 5.11 Å². The lowest BCUT2D eigenvalue weighted by Crippen LogP contribution is -2.62. The molecule has 1 aliphatic rings. The normalized spacial score (nSPS) is 15.3. The first kappa shape index (κ1) is 12.6. The standard InChI is InChI=1S/C15H14BrNOSi/c1-9-4-6-12-15(14(9)16)19(2,3)13-8-10(18)5-7-11(13)17-12/h4-8,18H,1H2,2-3H3. The van der Waals surface area contributed by atoms with E-state index >= 15 is 0 Å². The highest BCUT2D eigenvalue weighted by atomic mass is 79.9. The molecule has 0 atom stereocenters. The Kier molecular flexibility index (Phi) is 2.69. The molecule has 19 heavy (non-hydrogen) atoms. The van der Waals surface area contributed by atoms with Gasteiger partial charge in [0.05, 0.1) is 11.0 Å². The Morgan fingerprint density at radius 3 is 2.68 bits per heavy atom. The molecule has 0 aromatic heterocycles. The number of hydrogen-bond acceptors (Lipinski definition) is 2. The van der Waals surface area contributed by atoms with Gasteiger partial charge in [0, 0.05) is 4.47 Å². The number of phenols is 1. The van der Waals surface area contributed by atoms with E-state index in [4.69, 9.17) is 4.99 Å². The summed E-state index contributed by atoms with van der Waals surface area (Å²) in [5.41, 5.74) is 0.977. The van der Waals surface area contributed by atoms with Crippen molar-refractivity contribution in [2.75, 3.05) is 0 Å². The van der Waals surface area contributed by atoms with Gasteiger partial charge in [0.2, 0.25) is 0 Å². The van der Waals surface area contributed by atoms with Gasteiger partial charge in [-0.05, 0) is 39.9 Å². The van der Waals surface area contributed by atoms with Crippen LogP contribution in [-0.2, 0) is 0 Å². The summed E-state index contributed by atoms with van der Waals surface area (Å²) in [5.74, 6) is 0.305. The maximum absolute atomic E-state index is 9.75. The molecule has 96 valence electrons. The molecule has 0 unspecified atom stereocenters. The molecule has 0 spiro atoms. The van der Waals surface area contributed by atoms with Crippen LogP contribution in [0.1, 0.15) is 0 Å². The number of nitrogens with zero attached hydrogens (tertiary/aromatic N) is 1. The van der Waals surface area contributed by atoms with Crippen LogP contribution in [0.2, 0.25) is 13.1 Å². The number of halogens is 1. The predicted octanol–water partition coefficient (Wildman–Crippen LogP) is 1.65. The molecule has 2 aromatic carbocycles. The molecule has 4 heteroatoms. The van der Waals surface area contributed by atoms with Crippen molar-refractivity contribution in [3.8, 4) is 5.75 Å². The van der Waals surface area contributed by atoms with Crippen LogP contribution in [0.3, 0.4) is 0 Å². The van der Waals surface area contributed by atoms with Crippen molar-refractivity contribution < 1.29 is 5.11 Å². The average molecular weight is 332 g/mol. The maximum Gasteiger partial charge on any atom is 0.119 e. The zero-order valence-electron chi connectivity index (χ0n) is 10.9. The number of benzene rings is 2. The summed E-state index contributed by atoms with van der Waals surface area (Å²) in [5, 5.41) is 14.2. The summed E-state index contributed by atoms with van der Waals surface area (Å²) >= 11 is 3.66. The summed E-state index contributed by atoms with van der Waals surface area (Å²) in [6, 6.07) is 9.47. The lowest BCUT2D eigenvalue weighted by molar-refractivity contribution is 0.476. The third-order valence-electron chi connectivity index (χ3n) is 3.72. The molecule has 0 aliphatic carbocycles. The molecule has 1 heterocycles. The summed E-state index contributed by atoms with van der Waals surface area (Å²) in [7, 11) is -1.88. The number of aromatic hydroxyl groups is 1. The van der Waals surface area contributed by atoms with E-state index in [1.165, 1.54) is 10.4 Å². The van der Waals surface area contributed by atoms with E-state index in [1.54, 1.807) is 6.07 Å². The second kappa shape index (κ2) is 4.05. The predicted molar refractivity (Wildman–Crippen MR) is 85.0 cm³/mol. The van der Waals surface area contributed by atoms with Gasteiger partial charge >= 0.3 is 0 Å². The van der Waals surface area contributed by atoms with Crippen LogP contribution in [0.4, 0.5) is 5.69 Å². The maximum atomic E-state index is 9.75. The minimum atomic E-state index is -1.88. The average Bonchev–Trinajstić information content (AvgIpc) is 2.35. The highest BCUT2D eigenvalue weighted by molar-refractivity contribution is 9.10. The van der Waals surface area contributed by atoms with E-state index < -0.39 is 8.07 Å². The van der Waals surface area contributed by atoms with Crippen LogP contribution in [-0.4, -0.2) is 13.2 Å². The van der Waals surface area contributed by atoms with Gasteiger partial charge in [0.15, 0.2) is 0 Å². The van der Waals surface area contributed by atoms with Crippen molar-refractivity contribution in [2.24, 2.45) is 4.99 Å². The Balaban J connectivity index is 2.48. The first-order chi connectivity index (χ1) is 8.91. The molecule has 2 nitrogen and oxygen atoms in total. The van der Waals surface area contributed by atoms with Gasteiger partial charge in [-0.1, -0.05) is 41.7 Å². The van der Waals surface area contributed by atoms with Crippen molar-refractivity contribution in [1.29, 1.82) is 0 Å². The molecule has 0 radical (unpaired) electrons. The van der Waals surface area contributed by atoms with Crippen molar-refractivity contribution in [1.82, 2.24) is 0 Å². The number of fused-ring (bicyclic) bond motifs is 2. The van der Waals surface area contributed by atoms with Gasteiger partial charge in [-0.15, -0.1) is 0 Å².